The third kappa shape index (κ3) is 4.54. The van der Waals surface area contributed by atoms with E-state index in [-0.39, 0.29) is 29.3 Å². The van der Waals surface area contributed by atoms with Crippen molar-refractivity contribution in [3.63, 3.8) is 0 Å². The summed E-state index contributed by atoms with van der Waals surface area (Å²) in [5.41, 5.74) is -0.387. The van der Waals surface area contributed by atoms with Crippen LogP contribution in [0.4, 0.5) is 0 Å². The minimum Gasteiger partial charge on any atom is -0.299 e. The quantitative estimate of drug-likeness (QED) is 0.636. The molecule has 1 atom stereocenters. The van der Waals surface area contributed by atoms with Crippen molar-refractivity contribution < 1.29 is 9.59 Å². The predicted molar refractivity (Wildman–Crippen MR) is 58.2 cm³/mol. The molecule has 0 N–H and O–H groups in total. The number of ketones is 2. The minimum absolute atomic E-state index is 0.0336. The second kappa shape index (κ2) is 5.28. The van der Waals surface area contributed by atoms with Gasteiger partial charge in [0.2, 0.25) is 0 Å². The molecule has 0 radical (unpaired) electrons. The lowest BCUT2D eigenvalue weighted by molar-refractivity contribution is -0.133. The summed E-state index contributed by atoms with van der Waals surface area (Å²) < 4.78 is 0. The number of rotatable bonds is 5. The van der Waals surface area contributed by atoms with Gasteiger partial charge in [-0.2, -0.15) is 0 Å². The van der Waals surface area contributed by atoms with Crippen LogP contribution in [0, 0.1) is 11.3 Å². The maximum Gasteiger partial charge on any atom is 0.145 e. The van der Waals surface area contributed by atoms with Crippen LogP contribution in [0.15, 0.2) is 0 Å². The van der Waals surface area contributed by atoms with Crippen molar-refractivity contribution >= 4 is 11.6 Å². The molecule has 2 heteroatoms. The largest absolute Gasteiger partial charge is 0.299 e. The van der Waals surface area contributed by atoms with E-state index in [1.807, 2.05) is 27.7 Å². The van der Waals surface area contributed by atoms with Crippen LogP contribution in [-0.2, 0) is 9.59 Å². The van der Waals surface area contributed by atoms with Crippen LogP contribution < -0.4 is 0 Å². The highest BCUT2D eigenvalue weighted by Gasteiger charge is 2.25. The zero-order valence-corrected chi connectivity index (χ0v) is 10.0. The molecule has 0 aromatic rings. The molecule has 0 spiro atoms. The zero-order valence-electron chi connectivity index (χ0n) is 10.0. The fraction of sp³-hybridized carbons (Fsp3) is 0.833. The van der Waals surface area contributed by atoms with Gasteiger partial charge in [0.25, 0.3) is 0 Å². The third-order valence-electron chi connectivity index (χ3n) is 2.44. The van der Waals surface area contributed by atoms with Crippen molar-refractivity contribution in [1.82, 2.24) is 0 Å². The van der Waals surface area contributed by atoms with Crippen LogP contribution in [-0.4, -0.2) is 11.6 Å². The molecule has 0 aliphatic rings. The van der Waals surface area contributed by atoms with Crippen LogP contribution in [0.1, 0.15) is 53.9 Å². The van der Waals surface area contributed by atoms with E-state index in [4.69, 9.17) is 0 Å². The van der Waals surface area contributed by atoms with E-state index >= 15 is 0 Å². The topological polar surface area (TPSA) is 34.1 Å². The summed E-state index contributed by atoms with van der Waals surface area (Å²) in [5, 5.41) is 0. The van der Waals surface area contributed by atoms with Gasteiger partial charge in [-0.3, -0.25) is 9.59 Å². The van der Waals surface area contributed by atoms with Crippen LogP contribution in [0.25, 0.3) is 0 Å². The van der Waals surface area contributed by atoms with Gasteiger partial charge in [0.15, 0.2) is 0 Å². The average molecular weight is 198 g/mol. The van der Waals surface area contributed by atoms with Gasteiger partial charge in [-0.15, -0.1) is 0 Å². The molecule has 14 heavy (non-hydrogen) atoms. The fourth-order valence-corrected chi connectivity index (χ4v) is 1.19. The lowest BCUT2D eigenvalue weighted by Crippen LogP contribution is -2.25. The van der Waals surface area contributed by atoms with Gasteiger partial charge in [-0.05, 0) is 6.42 Å². The highest BCUT2D eigenvalue weighted by atomic mass is 16.1. The van der Waals surface area contributed by atoms with Crippen molar-refractivity contribution in [2.45, 2.75) is 53.9 Å². The number of carbonyl (C=O) groups is 2. The summed E-state index contributed by atoms with van der Waals surface area (Å²) in [5.74, 6) is 0.170. The van der Waals surface area contributed by atoms with E-state index < -0.39 is 0 Å². The van der Waals surface area contributed by atoms with Gasteiger partial charge in [-0.25, -0.2) is 0 Å². The Morgan fingerprint density at radius 3 is 2.07 bits per heavy atom. The van der Waals surface area contributed by atoms with Gasteiger partial charge in [0.1, 0.15) is 11.6 Å². The zero-order chi connectivity index (χ0) is 11.4. The van der Waals surface area contributed by atoms with Crippen LogP contribution >= 0.6 is 0 Å². The maximum absolute atomic E-state index is 11.6. The van der Waals surface area contributed by atoms with Gasteiger partial charge < -0.3 is 0 Å². The Labute approximate surface area is 87.1 Å². The molecule has 0 bridgehead atoms. The van der Waals surface area contributed by atoms with Crippen molar-refractivity contribution in [2.24, 2.45) is 11.3 Å². The van der Waals surface area contributed by atoms with E-state index in [0.29, 0.717) is 0 Å². The fourth-order valence-electron chi connectivity index (χ4n) is 1.19. The first-order valence-electron chi connectivity index (χ1n) is 5.35. The molecule has 0 aromatic heterocycles. The average Bonchev–Trinajstić information content (AvgIpc) is 2.02. The molecule has 0 unspecified atom stereocenters. The molecule has 0 amide bonds. The van der Waals surface area contributed by atoms with Crippen LogP contribution in [0.3, 0.4) is 0 Å². The van der Waals surface area contributed by atoms with Gasteiger partial charge in [-0.1, -0.05) is 41.0 Å². The van der Waals surface area contributed by atoms with Gasteiger partial charge in [0, 0.05) is 11.3 Å². The second-order valence-corrected chi connectivity index (χ2v) is 5.01. The molecule has 2 nitrogen and oxygen atoms in total. The Hall–Kier alpha value is -0.660. The van der Waals surface area contributed by atoms with E-state index in [1.165, 1.54) is 0 Å². The molecule has 0 heterocycles. The van der Waals surface area contributed by atoms with E-state index in [1.54, 1.807) is 0 Å². The highest BCUT2D eigenvalue weighted by Crippen LogP contribution is 2.19. The molecular formula is C12H22O2. The Balaban J connectivity index is 4.13. The van der Waals surface area contributed by atoms with E-state index in [0.717, 1.165) is 12.8 Å². The first-order chi connectivity index (χ1) is 6.29. The third-order valence-corrected chi connectivity index (χ3v) is 2.44. The number of Topliss-reactive ketones (excluding diaryl/α,β-unsaturated/α-hetero) is 2. The second-order valence-electron chi connectivity index (χ2n) is 5.01. The summed E-state index contributed by atoms with van der Waals surface area (Å²) in [6.07, 6.45) is 1.98. The number of carbonyl (C=O) groups excluding carboxylic acids is 2. The lowest BCUT2D eigenvalue weighted by atomic mass is 9.85. The Bertz CT molecular complexity index is 211. The SMILES string of the molecule is CCC[C@H](C)C(=O)CC(=O)C(C)(C)C. The number of hydrogen-bond acceptors (Lipinski definition) is 2. The van der Waals surface area contributed by atoms with Crippen LogP contribution in [0.5, 0.6) is 0 Å². The van der Waals surface area contributed by atoms with Crippen molar-refractivity contribution in [2.75, 3.05) is 0 Å². The monoisotopic (exact) mass is 198 g/mol. The van der Waals surface area contributed by atoms with Crippen LogP contribution in [0.2, 0.25) is 0 Å². The predicted octanol–water partition coefficient (Wildman–Crippen LogP) is 3.00. The number of hydrogen-bond donors (Lipinski definition) is 0. The summed E-state index contributed by atoms with van der Waals surface area (Å²) in [6.45, 7) is 9.52. The minimum atomic E-state index is -0.387. The molecule has 0 saturated heterocycles. The first-order valence-corrected chi connectivity index (χ1v) is 5.35. The molecule has 0 aliphatic carbocycles. The van der Waals surface area contributed by atoms with Crippen molar-refractivity contribution in [1.29, 1.82) is 0 Å². The van der Waals surface area contributed by atoms with Crippen molar-refractivity contribution in [3.8, 4) is 0 Å². The lowest BCUT2D eigenvalue weighted by Gasteiger charge is -2.17. The normalized spacial score (nSPS) is 13.8. The molecule has 0 rings (SSSR count). The molecule has 0 aromatic carbocycles. The summed E-state index contributed by atoms with van der Waals surface area (Å²) in [7, 11) is 0. The summed E-state index contributed by atoms with van der Waals surface area (Å²) in [6, 6.07) is 0. The Morgan fingerprint density at radius 2 is 1.71 bits per heavy atom. The molecule has 82 valence electrons. The van der Waals surface area contributed by atoms with Gasteiger partial charge >= 0.3 is 0 Å². The molecule has 0 fully saturated rings. The van der Waals surface area contributed by atoms with E-state index in [2.05, 4.69) is 6.92 Å². The highest BCUT2D eigenvalue weighted by molar-refractivity contribution is 6.02. The molecule has 0 saturated carbocycles. The summed E-state index contributed by atoms with van der Waals surface area (Å²) >= 11 is 0. The first kappa shape index (κ1) is 13.3. The Kier molecular flexibility index (Phi) is 5.03. The van der Waals surface area contributed by atoms with Gasteiger partial charge in [0.05, 0.1) is 6.42 Å². The maximum atomic E-state index is 11.6. The molecular weight excluding hydrogens is 176 g/mol. The Morgan fingerprint density at radius 1 is 1.21 bits per heavy atom. The summed E-state index contributed by atoms with van der Waals surface area (Å²) in [4.78, 5) is 23.1. The van der Waals surface area contributed by atoms with Crippen molar-refractivity contribution in [3.05, 3.63) is 0 Å². The van der Waals surface area contributed by atoms with E-state index in [9.17, 15) is 9.59 Å². The standard InChI is InChI=1S/C12H22O2/c1-6-7-9(2)10(13)8-11(14)12(3,4)5/h9H,6-8H2,1-5H3/t9-/m0/s1. The smallest absolute Gasteiger partial charge is 0.145 e. The molecule has 0 aliphatic heterocycles.